The summed E-state index contributed by atoms with van der Waals surface area (Å²) in [5.41, 5.74) is -4.52. The Morgan fingerprint density at radius 3 is 2.72 bits per heavy atom. The number of esters is 1. The van der Waals surface area contributed by atoms with Gasteiger partial charge in [0.2, 0.25) is 5.79 Å². The number of fused-ring (bicyclic) bond motifs is 7. The molecule has 5 fully saturated rings. The van der Waals surface area contributed by atoms with E-state index in [1.807, 2.05) is 6.92 Å². The van der Waals surface area contributed by atoms with Crippen LogP contribution in [-0.4, -0.2) is 71.7 Å². The molecule has 2 N–H and O–H groups in total. The number of allylic oxidation sites excluding steroid dienone is 1. The Balaban J connectivity index is 1.37. The SMILES string of the molecule is CCC[C@@H]1O[C@@H]2C[C@H]3[C@@H]4C[C@H](F)C5=CC(=O)CC[C@]5(C)[C@@]4(F)[C@@H](O)C[C@]3(C)[C@]2(OC(=O)NC2CCOC2=O)O1. The molecule has 11 heteroatoms. The van der Waals surface area contributed by atoms with Crippen LogP contribution < -0.4 is 5.32 Å². The summed E-state index contributed by atoms with van der Waals surface area (Å²) in [5.74, 6) is -3.92. The Kier molecular flexibility index (Phi) is 6.21. The molecule has 0 bridgehead atoms. The summed E-state index contributed by atoms with van der Waals surface area (Å²) < 4.78 is 56.8. The van der Waals surface area contributed by atoms with Gasteiger partial charge in [0.05, 0.1) is 12.7 Å². The molecule has 11 atom stereocenters. The predicted molar refractivity (Wildman–Crippen MR) is 130 cm³/mol. The maximum atomic E-state index is 17.5. The van der Waals surface area contributed by atoms with Crippen molar-refractivity contribution in [2.45, 2.75) is 114 Å². The number of cyclic esters (lactones) is 1. The number of carbonyl (C=O) groups is 3. The van der Waals surface area contributed by atoms with E-state index in [0.717, 1.165) is 6.42 Å². The molecule has 1 amide bonds. The predicted octanol–water partition coefficient (Wildman–Crippen LogP) is 3.42. The second kappa shape index (κ2) is 8.94. The fraction of sp³-hybridized carbons (Fsp3) is 0.821. The van der Waals surface area contributed by atoms with Crippen molar-refractivity contribution in [2.24, 2.45) is 22.7 Å². The minimum absolute atomic E-state index is 0.0874. The molecular weight excluding hydrogens is 516 g/mol. The molecule has 6 aliphatic rings. The maximum Gasteiger partial charge on any atom is 0.410 e. The number of aliphatic hydroxyl groups is 1. The number of carbonyl (C=O) groups excluding carboxylic acids is 3. The van der Waals surface area contributed by atoms with Crippen LogP contribution in [0.15, 0.2) is 11.6 Å². The van der Waals surface area contributed by atoms with Crippen LogP contribution in [0.2, 0.25) is 0 Å². The average Bonchev–Trinajstić information content (AvgIpc) is 3.49. The average molecular weight is 554 g/mol. The highest BCUT2D eigenvalue weighted by Gasteiger charge is 2.80. The van der Waals surface area contributed by atoms with Crippen molar-refractivity contribution in [1.82, 2.24) is 5.32 Å². The first-order chi connectivity index (χ1) is 18.4. The van der Waals surface area contributed by atoms with Gasteiger partial charge < -0.3 is 29.4 Å². The van der Waals surface area contributed by atoms with E-state index >= 15 is 8.78 Å². The van der Waals surface area contributed by atoms with Crippen molar-refractivity contribution < 1.29 is 47.2 Å². The molecule has 4 aliphatic carbocycles. The Morgan fingerprint density at radius 1 is 1.26 bits per heavy atom. The number of alkyl carbamates (subject to hydrolysis) is 1. The van der Waals surface area contributed by atoms with E-state index in [1.165, 1.54) is 6.08 Å². The van der Waals surface area contributed by atoms with Gasteiger partial charge in [0.1, 0.15) is 24.0 Å². The standard InChI is InChI=1S/C28H37F2NO8/c1-4-5-22-37-21-12-15-16-11-18(29)17-10-14(32)6-8-25(17,2)27(16,30)20(33)13-26(15,3)28(21,38-22)39-24(35)31-19-7-9-36-23(19)34/h10,15-16,18-22,33H,4-9,11-13H2,1-3H3,(H,31,35)/t15-,16-,18-,19?,20-,21+,22+,25-,26-,27-,28-/m0/s1. The summed E-state index contributed by atoms with van der Waals surface area (Å²) >= 11 is 0. The number of halogens is 2. The van der Waals surface area contributed by atoms with Gasteiger partial charge >= 0.3 is 12.1 Å². The molecule has 0 aromatic carbocycles. The lowest BCUT2D eigenvalue weighted by molar-refractivity contribution is -0.298. The molecule has 3 saturated carbocycles. The minimum atomic E-state index is -2.19. The van der Waals surface area contributed by atoms with Crippen LogP contribution in [0.25, 0.3) is 0 Å². The van der Waals surface area contributed by atoms with Crippen LogP contribution >= 0.6 is 0 Å². The van der Waals surface area contributed by atoms with Crippen molar-refractivity contribution in [3.8, 4) is 0 Å². The van der Waals surface area contributed by atoms with Crippen LogP contribution in [0.3, 0.4) is 0 Å². The lowest BCUT2D eigenvalue weighted by Gasteiger charge is -2.63. The van der Waals surface area contributed by atoms with Crippen LogP contribution in [0.4, 0.5) is 13.6 Å². The third kappa shape index (κ3) is 3.54. The lowest BCUT2D eigenvalue weighted by Crippen LogP contribution is -2.70. The van der Waals surface area contributed by atoms with Gasteiger partial charge in [-0.25, -0.2) is 18.4 Å². The Hall–Kier alpha value is -2.11. The highest BCUT2D eigenvalue weighted by atomic mass is 19.1. The van der Waals surface area contributed by atoms with Crippen molar-refractivity contribution in [2.75, 3.05) is 6.61 Å². The Morgan fingerprint density at radius 2 is 2.03 bits per heavy atom. The van der Waals surface area contributed by atoms with Gasteiger partial charge in [-0.05, 0) is 49.7 Å². The van der Waals surface area contributed by atoms with Gasteiger partial charge in [0.25, 0.3) is 0 Å². The number of ether oxygens (including phenoxy) is 4. The van der Waals surface area contributed by atoms with E-state index in [0.29, 0.717) is 12.8 Å². The summed E-state index contributed by atoms with van der Waals surface area (Å²) in [5, 5.41) is 14.2. The number of alkyl halides is 2. The maximum absolute atomic E-state index is 17.5. The molecule has 1 unspecified atom stereocenters. The molecular formula is C28H37F2NO8. The first-order valence-corrected chi connectivity index (χ1v) is 14.1. The highest BCUT2D eigenvalue weighted by Crippen LogP contribution is 2.72. The molecule has 2 saturated heterocycles. The van der Waals surface area contributed by atoms with Gasteiger partial charge in [-0.2, -0.15) is 0 Å². The molecule has 0 radical (unpaired) electrons. The molecule has 9 nitrogen and oxygen atoms in total. The lowest BCUT2D eigenvalue weighted by atomic mass is 9.44. The van der Waals surface area contributed by atoms with Gasteiger partial charge in [-0.3, -0.25) is 4.79 Å². The van der Waals surface area contributed by atoms with Crippen molar-refractivity contribution in [1.29, 1.82) is 0 Å². The molecule has 2 heterocycles. The van der Waals surface area contributed by atoms with Gasteiger partial charge in [-0.15, -0.1) is 0 Å². The second-order valence-corrected chi connectivity index (χ2v) is 12.6. The summed E-state index contributed by atoms with van der Waals surface area (Å²) in [7, 11) is 0. The third-order valence-corrected chi connectivity index (χ3v) is 10.7. The van der Waals surface area contributed by atoms with E-state index in [2.05, 4.69) is 5.32 Å². The number of nitrogens with one attached hydrogen (secondary N) is 1. The molecule has 0 aromatic rings. The van der Waals surface area contributed by atoms with E-state index in [9.17, 15) is 19.5 Å². The van der Waals surface area contributed by atoms with Gasteiger partial charge in [-0.1, -0.05) is 27.2 Å². The number of hydrogen-bond acceptors (Lipinski definition) is 8. The number of ketones is 1. The van der Waals surface area contributed by atoms with Crippen LogP contribution in [-0.2, 0) is 28.5 Å². The second-order valence-electron chi connectivity index (χ2n) is 12.6. The van der Waals surface area contributed by atoms with E-state index in [1.54, 1.807) is 13.8 Å². The Labute approximate surface area is 225 Å². The molecule has 0 aromatic heterocycles. The molecule has 6 rings (SSSR count). The number of rotatable bonds is 4. The van der Waals surface area contributed by atoms with E-state index < -0.39 is 76.9 Å². The zero-order valence-corrected chi connectivity index (χ0v) is 22.5. The fourth-order valence-corrected chi connectivity index (χ4v) is 8.77. The quantitative estimate of drug-likeness (QED) is 0.509. The van der Waals surface area contributed by atoms with Gasteiger partial charge in [0, 0.05) is 29.6 Å². The topological polar surface area (TPSA) is 120 Å². The largest absolute Gasteiger partial charge is 0.464 e. The summed E-state index contributed by atoms with van der Waals surface area (Å²) in [6.45, 7) is 5.56. The van der Waals surface area contributed by atoms with Crippen LogP contribution in [0.1, 0.15) is 72.1 Å². The number of hydrogen-bond donors (Lipinski definition) is 2. The minimum Gasteiger partial charge on any atom is -0.464 e. The third-order valence-electron chi connectivity index (χ3n) is 10.7. The zero-order chi connectivity index (χ0) is 28.0. The monoisotopic (exact) mass is 553 g/mol. The summed E-state index contributed by atoms with van der Waals surface area (Å²) in [6.07, 6.45) is -2.46. The van der Waals surface area contributed by atoms with Crippen LogP contribution in [0, 0.1) is 22.7 Å². The van der Waals surface area contributed by atoms with Crippen molar-refractivity contribution in [3.63, 3.8) is 0 Å². The van der Waals surface area contributed by atoms with Gasteiger partial charge in [0.15, 0.2) is 12.1 Å². The molecule has 216 valence electrons. The molecule has 39 heavy (non-hydrogen) atoms. The van der Waals surface area contributed by atoms with E-state index in [-0.39, 0.29) is 50.1 Å². The fourth-order valence-electron chi connectivity index (χ4n) is 8.77. The van der Waals surface area contributed by atoms with Crippen molar-refractivity contribution in [3.05, 3.63) is 11.6 Å². The Bertz CT molecular complexity index is 1120. The molecule has 0 spiro atoms. The highest BCUT2D eigenvalue weighted by molar-refractivity contribution is 5.92. The summed E-state index contributed by atoms with van der Waals surface area (Å²) in [6, 6.07) is -0.855. The first-order valence-electron chi connectivity index (χ1n) is 14.1. The smallest absolute Gasteiger partial charge is 0.410 e. The normalized spacial score (nSPS) is 50.3. The van der Waals surface area contributed by atoms with Crippen LogP contribution in [0.5, 0.6) is 0 Å². The van der Waals surface area contributed by atoms with E-state index in [4.69, 9.17) is 18.9 Å². The first kappa shape index (κ1) is 27.1. The molecule has 2 aliphatic heterocycles. The number of amides is 1. The summed E-state index contributed by atoms with van der Waals surface area (Å²) in [4.78, 5) is 37.3. The van der Waals surface area contributed by atoms with Crippen molar-refractivity contribution >= 4 is 17.8 Å². The number of aliphatic hydroxyl groups excluding tert-OH is 1. The zero-order valence-electron chi connectivity index (χ0n) is 22.5.